The van der Waals surface area contributed by atoms with Crippen molar-refractivity contribution in [3.05, 3.63) is 5.01 Å². The second-order valence-corrected chi connectivity index (χ2v) is 6.11. The van der Waals surface area contributed by atoms with E-state index in [0.29, 0.717) is 0 Å². The summed E-state index contributed by atoms with van der Waals surface area (Å²) in [6, 6.07) is 0. The van der Waals surface area contributed by atoms with Crippen LogP contribution in [0.2, 0.25) is 0 Å². The molecule has 0 aromatic carbocycles. The lowest BCUT2D eigenvalue weighted by Crippen LogP contribution is -2.45. The summed E-state index contributed by atoms with van der Waals surface area (Å²) in [7, 11) is 0. The lowest BCUT2D eigenvalue weighted by Gasteiger charge is -2.33. The maximum absolute atomic E-state index is 4.27. The number of nitrogens with zero attached hydrogens (tertiary/aromatic N) is 4. The second kappa shape index (κ2) is 7.77. The normalized spacial score (nSPS) is 17.8. The summed E-state index contributed by atoms with van der Waals surface area (Å²) in [4.78, 5) is 5.03. The first kappa shape index (κ1) is 14.7. The Morgan fingerprint density at radius 1 is 1.05 bits per heavy atom. The number of aromatic nitrogens is 2. The molecule has 1 aliphatic heterocycles. The maximum Gasteiger partial charge on any atom is 0.205 e. The molecular formula is C13H25N5S. The van der Waals surface area contributed by atoms with Crippen LogP contribution in [0.4, 0.5) is 5.13 Å². The van der Waals surface area contributed by atoms with E-state index in [-0.39, 0.29) is 0 Å². The SMILES string of the molecule is CCCNc1nnc(CN2CCN(CCC)CC2)s1. The zero-order valence-electron chi connectivity index (χ0n) is 12.1. The molecule has 19 heavy (non-hydrogen) atoms. The summed E-state index contributed by atoms with van der Waals surface area (Å²) in [6.07, 6.45) is 2.37. The van der Waals surface area contributed by atoms with Gasteiger partial charge >= 0.3 is 0 Å². The Labute approximate surface area is 120 Å². The highest BCUT2D eigenvalue weighted by atomic mass is 32.1. The molecule has 5 nitrogen and oxygen atoms in total. The average Bonchev–Trinajstić information content (AvgIpc) is 2.87. The molecule has 0 unspecified atom stereocenters. The Morgan fingerprint density at radius 2 is 1.79 bits per heavy atom. The summed E-state index contributed by atoms with van der Waals surface area (Å²) in [5.41, 5.74) is 0. The fourth-order valence-corrected chi connectivity index (χ4v) is 3.11. The predicted molar refractivity (Wildman–Crippen MR) is 80.7 cm³/mol. The van der Waals surface area contributed by atoms with E-state index in [2.05, 4.69) is 39.2 Å². The van der Waals surface area contributed by atoms with Gasteiger partial charge in [0.2, 0.25) is 5.13 Å². The van der Waals surface area contributed by atoms with Crippen LogP contribution < -0.4 is 5.32 Å². The summed E-state index contributed by atoms with van der Waals surface area (Å²) in [5, 5.41) is 13.8. The van der Waals surface area contributed by atoms with Crippen LogP contribution in [0.3, 0.4) is 0 Å². The molecule has 1 aromatic heterocycles. The molecule has 0 spiro atoms. The molecular weight excluding hydrogens is 258 g/mol. The highest BCUT2D eigenvalue weighted by molar-refractivity contribution is 7.15. The summed E-state index contributed by atoms with van der Waals surface area (Å²) >= 11 is 1.69. The van der Waals surface area contributed by atoms with Gasteiger partial charge in [0.25, 0.3) is 0 Å². The lowest BCUT2D eigenvalue weighted by atomic mass is 10.3. The summed E-state index contributed by atoms with van der Waals surface area (Å²) < 4.78 is 0. The van der Waals surface area contributed by atoms with Crippen molar-refractivity contribution in [2.24, 2.45) is 0 Å². The fraction of sp³-hybridized carbons (Fsp3) is 0.846. The largest absolute Gasteiger partial charge is 0.360 e. The van der Waals surface area contributed by atoms with Gasteiger partial charge in [0, 0.05) is 32.7 Å². The van der Waals surface area contributed by atoms with Crippen LogP contribution >= 0.6 is 11.3 Å². The average molecular weight is 283 g/mol. The zero-order valence-corrected chi connectivity index (χ0v) is 12.9. The van der Waals surface area contributed by atoms with Gasteiger partial charge < -0.3 is 10.2 Å². The van der Waals surface area contributed by atoms with E-state index in [1.165, 1.54) is 26.1 Å². The minimum atomic E-state index is 0.950. The Bertz CT molecular complexity index is 360. The Balaban J connectivity index is 1.74. The highest BCUT2D eigenvalue weighted by Crippen LogP contribution is 2.17. The quantitative estimate of drug-likeness (QED) is 0.828. The predicted octanol–water partition coefficient (Wildman–Crippen LogP) is 1.89. The third kappa shape index (κ3) is 4.71. The number of hydrogen-bond donors (Lipinski definition) is 1. The smallest absolute Gasteiger partial charge is 0.205 e. The minimum Gasteiger partial charge on any atom is -0.360 e. The van der Waals surface area contributed by atoms with E-state index in [0.717, 1.165) is 42.7 Å². The number of piperazine rings is 1. The number of rotatable bonds is 7. The topological polar surface area (TPSA) is 44.3 Å². The number of anilines is 1. The molecule has 0 amide bonds. The molecule has 1 fully saturated rings. The first-order valence-electron chi connectivity index (χ1n) is 7.32. The van der Waals surface area contributed by atoms with Crippen molar-refractivity contribution < 1.29 is 0 Å². The molecule has 1 aromatic rings. The van der Waals surface area contributed by atoms with Crippen LogP contribution in [-0.2, 0) is 6.54 Å². The van der Waals surface area contributed by atoms with E-state index < -0.39 is 0 Å². The minimum absolute atomic E-state index is 0.950. The molecule has 0 aliphatic carbocycles. The van der Waals surface area contributed by atoms with E-state index in [1.807, 2.05) is 0 Å². The molecule has 2 heterocycles. The zero-order chi connectivity index (χ0) is 13.5. The van der Waals surface area contributed by atoms with Crippen LogP contribution in [0.5, 0.6) is 0 Å². The van der Waals surface area contributed by atoms with Crippen molar-refractivity contribution in [2.75, 3.05) is 44.6 Å². The molecule has 1 N–H and O–H groups in total. The first-order chi connectivity index (χ1) is 9.31. The van der Waals surface area contributed by atoms with E-state index in [1.54, 1.807) is 11.3 Å². The standard InChI is InChI=1S/C13H25N5S/c1-3-5-14-13-16-15-12(19-13)11-18-9-7-17(6-4-2)8-10-18/h3-11H2,1-2H3,(H,14,16). The number of hydrogen-bond acceptors (Lipinski definition) is 6. The molecule has 1 saturated heterocycles. The van der Waals surface area contributed by atoms with Crippen molar-refractivity contribution in [3.63, 3.8) is 0 Å². The number of nitrogens with one attached hydrogen (secondary N) is 1. The Morgan fingerprint density at radius 3 is 2.47 bits per heavy atom. The summed E-state index contributed by atoms with van der Waals surface area (Å²) in [5.74, 6) is 0. The molecule has 0 radical (unpaired) electrons. The van der Waals surface area contributed by atoms with Crippen LogP contribution in [0.25, 0.3) is 0 Å². The van der Waals surface area contributed by atoms with Crippen molar-refractivity contribution in [1.29, 1.82) is 0 Å². The molecule has 108 valence electrons. The van der Waals surface area contributed by atoms with Gasteiger partial charge in [-0.25, -0.2) is 0 Å². The van der Waals surface area contributed by atoms with E-state index in [4.69, 9.17) is 0 Å². The van der Waals surface area contributed by atoms with Crippen molar-refractivity contribution in [1.82, 2.24) is 20.0 Å². The first-order valence-corrected chi connectivity index (χ1v) is 8.14. The summed E-state index contributed by atoms with van der Waals surface area (Å²) in [6.45, 7) is 12.2. The fourth-order valence-electron chi connectivity index (χ4n) is 2.30. The van der Waals surface area contributed by atoms with Crippen LogP contribution in [0.1, 0.15) is 31.7 Å². The van der Waals surface area contributed by atoms with Gasteiger partial charge in [0.15, 0.2) is 0 Å². The molecule has 1 aliphatic rings. The van der Waals surface area contributed by atoms with Gasteiger partial charge in [-0.1, -0.05) is 25.2 Å². The lowest BCUT2D eigenvalue weighted by molar-refractivity contribution is 0.127. The van der Waals surface area contributed by atoms with Crippen LogP contribution in [0.15, 0.2) is 0 Å². The van der Waals surface area contributed by atoms with E-state index >= 15 is 0 Å². The van der Waals surface area contributed by atoms with Crippen molar-refractivity contribution in [3.8, 4) is 0 Å². The van der Waals surface area contributed by atoms with Crippen molar-refractivity contribution >= 4 is 16.5 Å². The Hall–Kier alpha value is -0.720. The third-order valence-corrected chi connectivity index (χ3v) is 4.22. The molecule has 2 rings (SSSR count). The van der Waals surface area contributed by atoms with Crippen LogP contribution in [0, 0.1) is 0 Å². The second-order valence-electron chi connectivity index (χ2n) is 5.05. The van der Waals surface area contributed by atoms with Gasteiger partial charge in [0.05, 0.1) is 6.54 Å². The van der Waals surface area contributed by atoms with Crippen LogP contribution in [-0.4, -0.2) is 59.3 Å². The molecule has 0 saturated carbocycles. The van der Waals surface area contributed by atoms with Crippen molar-refractivity contribution in [2.45, 2.75) is 33.2 Å². The Kier molecular flexibility index (Phi) is 6.00. The van der Waals surface area contributed by atoms with Gasteiger partial charge in [-0.15, -0.1) is 10.2 Å². The van der Waals surface area contributed by atoms with Gasteiger partial charge in [-0.05, 0) is 19.4 Å². The molecule has 6 heteroatoms. The van der Waals surface area contributed by atoms with Gasteiger partial charge in [0.1, 0.15) is 5.01 Å². The van der Waals surface area contributed by atoms with Gasteiger partial charge in [-0.3, -0.25) is 4.90 Å². The van der Waals surface area contributed by atoms with Gasteiger partial charge in [-0.2, -0.15) is 0 Å². The molecule has 0 atom stereocenters. The monoisotopic (exact) mass is 283 g/mol. The highest BCUT2D eigenvalue weighted by Gasteiger charge is 2.17. The van der Waals surface area contributed by atoms with E-state index in [9.17, 15) is 0 Å². The third-order valence-electron chi connectivity index (χ3n) is 3.36. The molecule has 0 bridgehead atoms. The maximum atomic E-state index is 4.27.